The highest BCUT2D eigenvalue weighted by molar-refractivity contribution is 7.99. The van der Waals surface area contributed by atoms with Crippen LogP contribution >= 0.6 is 12.1 Å². The minimum absolute atomic E-state index is 0.454. The van der Waals surface area contributed by atoms with Crippen LogP contribution in [-0.2, 0) is 0 Å². The highest BCUT2D eigenvalue weighted by atomic mass is 32.2. The summed E-state index contributed by atoms with van der Waals surface area (Å²) in [5, 5.41) is 0. The van der Waals surface area contributed by atoms with Crippen LogP contribution in [0.3, 0.4) is 0 Å². The van der Waals surface area contributed by atoms with E-state index in [0.29, 0.717) is 11.5 Å². The van der Waals surface area contributed by atoms with Crippen molar-refractivity contribution in [3.8, 4) is 0 Å². The lowest BCUT2D eigenvalue weighted by Gasteiger charge is -2.24. The van der Waals surface area contributed by atoms with Crippen LogP contribution in [0.2, 0.25) is 0 Å². The third kappa shape index (κ3) is 1.65. The quantitative estimate of drug-likeness (QED) is 0.725. The van der Waals surface area contributed by atoms with Crippen molar-refractivity contribution in [1.29, 1.82) is 0 Å². The van der Waals surface area contributed by atoms with Crippen molar-refractivity contribution in [3.05, 3.63) is 17.1 Å². The van der Waals surface area contributed by atoms with Gasteiger partial charge in [-0.1, -0.05) is 0 Å². The fourth-order valence-electron chi connectivity index (χ4n) is 1.32. The van der Waals surface area contributed by atoms with Crippen LogP contribution in [0.5, 0.6) is 0 Å². The van der Waals surface area contributed by atoms with Gasteiger partial charge < -0.3 is 5.73 Å². The lowest BCUT2D eigenvalue weighted by atomic mass is 10.3. The molecule has 1 aliphatic rings. The smallest absolute Gasteiger partial charge is 0.170 e. The standard InChI is InChI=1S/C9H13N5S/c1-4-14-9-7(8(10)13-15-14)11-5(2)6(3)12-9/h4H2,1-3H3,(H2,10,13). The lowest BCUT2D eigenvalue weighted by Crippen LogP contribution is -2.28. The normalized spacial score (nSPS) is 14.9. The van der Waals surface area contributed by atoms with Gasteiger partial charge in [0.15, 0.2) is 11.7 Å². The zero-order valence-corrected chi connectivity index (χ0v) is 9.80. The van der Waals surface area contributed by atoms with Crippen LogP contribution in [-0.4, -0.2) is 22.3 Å². The zero-order chi connectivity index (χ0) is 11.0. The van der Waals surface area contributed by atoms with E-state index < -0.39 is 0 Å². The molecular weight excluding hydrogens is 210 g/mol. The molecule has 80 valence electrons. The summed E-state index contributed by atoms with van der Waals surface area (Å²) in [6.45, 7) is 6.74. The predicted octanol–water partition coefficient (Wildman–Crippen LogP) is 1.20. The molecule has 0 bridgehead atoms. The monoisotopic (exact) mass is 223 g/mol. The first-order valence-corrected chi connectivity index (χ1v) is 5.50. The largest absolute Gasteiger partial charge is 0.381 e. The molecule has 0 atom stereocenters. The van der Waals surface area contributed by atoms with Crippen LogP contribution in [0.1, 0.15) is 24.0 Å². The number of anilines is 1. The van der Waals surface area contributed by atoms with Crippen molar-refractivity contribution < 1.29 is 0 Å². The molecule has 0 aromatic carbocycles. The molecule has 0 radical (unpaired) electrons. The van der Waals surface area contributed by atoms with E-state index in [9.17, 15) is 0 Å². The number of fused-ring (bicyclic) bond motifs is 1. The summed E-state index contributed by atoms with van der Waals surface area (Å²) in [7, 11) is 0. The minimum Gasteiger partial charge on any atom is -0.381 e. The summed E-state index contributed by atoms with van der Waals surface area (Å²) in [5.74, 6) is 1.27. The number of nitrogens with zero attached hydrogens (tertiary/aromatic N) is 4. The van der Waals surface area contributed by atoms with Crippen LogP contribution < -0.4 is 10.0 Å². The predicted molar refractivity (Wildman–Crippen MR) is 62.8 cm³/mol. The fraction of sp³-hybridized carbons (Fsp3) is 0.444. The summed E-state index contributed by atoms with van der Waals surface area (Å²) in [6.07, 6.45) is 0. The number of amidine groups is 1. The summed E-state index contributed by atoms with van der Waals surface area (Å²) < 4.78 is 6.11. The Hall–Kier alpha value is -1.30. The number of hydrogen-bond donors (Lipinski definition) is 1. The van der Waals surface area contributed by atoms with Gasteiger partial charge in [-0.3, -0.25) is 4.31 Å². The van der Waals surface area contributed by atoms with Gasteiger partial charge in [-0.25, -0.2) is 9.97 Å². The van der Waals surface area contributed by atoms with E-state index in [2.05, 4.69) is 14.4 Å². The van der Waals surface area contributed by atoms with Crippen molar-refractivity contribution in [2.75, 3.05) is 10.8 Å². The second-order valence-electron chi connectivity index (χ2n) is 3.32. The molecule has 0 saturated heterocycles. The summed E-state index contributed by atoms with van der Waals surface area (Å²) >= 11 is 1.32. The molecule has 2 rings (SSSR count). The summed E-state index contributed by atoms with van der Waals surface area (Å²) in [4.78, 5) is 8.92. The van der Waals surface area contributed by atoms with Gasteiger partial charge in [0.2, 0.25) is 0 Å². The molecular formula is C9H13N5S. The molecule has 1 aromatic rings. The molecule has 2 N–H and O–H groups in total. The van der Waals surface area contributed by atoms with E-state index in [1.54, 1.807) is 0 Å². The highest BCUT2D eigenvalue weighted by Gasteiger charge is 2.22. The summed E-state index contributed by atoms with van der Waals surface area (Å²) in [5.41, 5.74) is 8.31. The average Bonchev–Trinajstić information content (AvgIpc) is 2.22. The maximum atomic E-state index is 5.78. The first kappa shape index (κ1) is 10.2. The molecule has 0 aliphatic carbocycles. The number of aryl methyl sites for hydroxylation is 2. The van der Waals surface area contributed by atoms with E-state index in [4.69, 9.17) is 5.73 Å². The molecule has 0 amide bonds. The van der Waals surface area contributed by atoms with Crippen LogP contribution in [0.25, 0.3) is 0 Å². The van der Waals surface area contributed by atoms with Crippen LogP contribution in [0.15, 0.2) is 4.40 Å². The van der Waals surface area contributed by atoms with Gasteiger partial charge in [-0.15, -0.1) is 0 Å². The first-order valence-electron chi connectivity index (χ1n) is 4.77. The van der Waals surface area contributed by atoms with Crippen molar-refractivity contribution in [1.82, 2.24) is 9.97 Å². The first-order chi connectivity index (χ1) is 7.13. The maximum absolute atomic E-state index is 5.78. The Labute approximate surface area is 93.1 Å². The van der Waals surface area contributed by atoms with Gasteiger partial charge in [0.25, 0.3) is 0 Å². The van der Waals surface area contributed by atoms with E-state index in [0.717, 1.165) is 23.8 Å². The van der Waals surface area contributed by atoms with Crippen molar-refractivity contribution in [2.24, 2.45) is 10.1 Å². The molecule has 0 fully saturated rings. The van der Waals surface area contributed by atoms with Crippen molar-refractivity contribution in [2.45, 2.75) is 20.8 Å². The molecule has 0 unspecified atom stereocenters. The topological polar surface area (TPSA) is 67.4 Å². The average molecular weight is 223 g/mol. The van der Waals surface area contributed by atoms with Gasteiger partial charge in [-0.2, -0.15) is 4.40 Å². The minimum atomic E-state index is 0.454. The zero-order valence-electron chi connectivity index (χ0n) is 8.98. The third-order valence-electron chi connectivity index (χ3n) is 2.29. The van der Waals surface area contributed by atoms with Gasteiger partial charge in [0.1, 0.15) is 5.69 Å². The lowest BCUT2D eigenvalue weighted by molar-refractivity contribution is 0.976. The Bertz CT molecular complexity index is 429. The maximum Gasteiger partial charge on any atom is 0.170 e. The molecule has 15 heavy (non-hydrogen) atoms. The number of rotatable bonds is 1. The van der Waals surface area contributed by atoms with E-state index in [1.165, 1.54) is 12.1 Å². The van der Waals surface area contributed by atoms with Gasteiger partial charge >= 0.3 is 0 Å². The molecule has 1 aliphatic heterocycles. The van der Waals surface area contributed by atoms with Gasteiger partial charge in [-0.05, 0) is 20.8 Å². The second-order valence-corrected chi connectivity index (χ2v) is 4.11. The SMILES string of the molecule is CCN1SN=C(N)c2nc(C)c(C)nc21. The van der Waals surface area contributed by atoms with Crippen LogP contribution in [0.4, 0.5) is 5.82 Å². The molecule has 1 aromatic heterocycles. The van der Waals surface area contributed by atoms with E-state index in [-0.39, 0.29) is 0 Å². The van der Waals surface area contributed by atoms with Crippen molar-refractivity contribution in [3.63, 3.8) is 0 Å². The van der Waals surface area contributed by atoms with Gasteiger partial charge in [0, 0.05) is 6.54 Å². The van der Waals surface area contributed by atoms with E-state index in [1.807, 2.05) is 25.1 Å². The number of hydrogen-bond acceptors (Lipinski definition) is 6. The van der Waals surface area contributed by atoms with Gasteiger partial charge in [0.05, 0.1) is 23.5 Å². The summed E-state index contributed by atoms with van der Waals surface area (Å²) in [6, 6.07) is 0. The molecule has 5 nitrogen and oxygen atoms in total. The number of nitrogens with two attached hydrogens (primary N) is 1. The molecule has 0 spiro atoms. The van der Waals surface area contributed by atoms with Crippen LogP contribution in [0, 0.1) is 13.8 Å². The molecule has 2 heterocycles. The fourth-order valence-corrected chi connectivity index (χ4v) is 1.91. The Kier molecular flexibility index (Phi) is 2.52. The third-order valence-corrected chi connectivity index (χ3v) is 3.20. The Morgan fingerprint density at radius 3 is 2.60 bits per heavy atom. The number of aromatic nitrogens is 2. The highest BCUT2D eigenvalue weighted by Crippen LogP contribution is 2.29. The van der Waals surface area contributed by atoms with Crippen molar-refractivity contribution >= 4 is 23.8 Å². The second kappa shape index (κ2) is 3.69. The Morgan fingerprint density at radius 2 is 1.93 bits per heavy atom. The Balaban J connectivity index is 2.59. The molecule has 6 heteroatoms. The molecule has 0 saturated carbocycles. The Morgan fingerprint density at radius 1 is 1.27 bits per heavy atom. The van der Waals surface area contributed by atoms with E-state index >= 15 is 0 Å².